The van der Waals surface area contributed by atoms with Gasteiger partial charge in [-0.2, -0.15) is 5.26 Å². The normalized spacial score (nSPS) is 9.89. The molecule has 0 amide bonds. The minimum Gasteiger partial charge on any atom is -0.353 e. The molecule has 2 aromatic rings. The van der Waals surface area contributed by atoms with Crippen molar-refractivity contribution in [2.24, 2.45) is 0 Å². The molecule has 0 fully saturated rings. The van der Waals surface area contributed by atoms with Crippen LogP contribution in [0.3, 0.4) is 0 Å². The average Bonchev–Trinajstić information content (AvgIpc) is 2.34. The summed E-state index contributed by atoms with van der Waals surface area (Å²) in [5, 5.41) is 12.7. The molecule has 0 atom stereocenters. The van der Waals surface area contributed by atoms with Gasteiger partial charge in [-0.3, -0.25) is 0 Å². The van der Waals surface area contributed by atoms with Gasteiger partial charge in [0.15, 0.2) is 0 Å². The quantitative estimate of drug-likeness (QED) is 0.742. The molecule has 0 heterocycles. The Hall–Kier alpha value is -1.02. The summed E-state index contributed by atoms with van der Waals surface area (Å²) in [6.07, 6.45) is 0. The molecule has 0 bridgehead atoms. The fourth-order valence-corrected chi connectivity index (χ4v) is 2.40. The second kappa shape index (κ2) is 5.75. The van der Waals surface area contributed by atoms with Gasteiger partial charge in [-0.25, -0.2) is 0 Å². The van der Waals surface area contributed by atoms with E-state index < -0.39 is 0 Å². The van der Waals surface area contributed by atoms with Crippen LogP contribution < -0.4 is 5.32 Å². The van der Waals surface area contributed by atoms with E-state index in [1.807, 2.05) is 24.3 Å². The summed E-state index contributed by atoms with van der Waals surface area (Å²) in [4.78, 5) is 0. The van der Waals surface area contributed by atoms with Crippen LogP contribution >= 0.6 is 43.5 Å². The highest BCUT2D eigenvalue weighted by Gasteiger charge is 2.08. The lowest BCUT2D eigenvalue weighted by molar-refractivity contribution is 1.45. The smallest absolute Gasteiger partial charge is 0.103 e. The average molecular weight is 386 g/mol. The number of nitrogens with zero attached hydrogens (tertiary/aromatic N) is 1. The van der Waals surface area contributed by atoms with Crippen LogP contribution in [0.2, 0.25) is 5.02 Å². The first kappa shape index (κ1) is 13.4. The third-order valence-corrected chi connectivity index (χ3v) is 3.82. The highest BCUT2D eigenvalue weighted by atomic mass is 79.9. The molecule has 18 heavy (non-hydrogen) atoms. The number of halogens is 3. The van der Waals surface area contributed by atoms with Crippen LogP contribution in [0, 0.1) is 11.3 Å². The number of hydrogen-bond donors (Lipinski definition) is 1. The first-order valence-corrected chi connectivity index (χ1v) is 6.99. The maximum Gasteiger partial charge on any atom is 0.103 e. The van der Waals surface area contributed by atoms with E-state index in [1.165, 1.54) is 0 Å². The first-order chi connectivity index (χ1) is 8.61. The summed E-state index contributed by atoms with van der Waals surface area (Å²) in [5.74, 6) is 0. The van der Waals surface area contributed by atoms with E-state index in [4.69, 9.17) is 16.9 Å². The summed E-state index contributed by atoms with van der Waals surface area (Å²) < 4.78 is 1.86. The standard InChI is InChI=1S/C13H7Br2ClN2/c14-8-4-5-10(15)13(6-8)18-12-3-1-2-11(16)9(12)7-17/h1-6,18H. The molecule has 2 nitrogen and oxygen atoms in total. The third-order valence-electron chi connectivity index (χ3n) is 2.32. The molecule has 0 unspecified atom stereocenters. The molecular formula is C13H7Br2ClN2. The number of nitriles is 1. The number of benzene rings is 2. The van der Waals surface area contributed by atoms with Crippen molar-refractivity contribution in [3.05, 3.63) is 55.9 Å². The Kier molecular flexibility index (Phi) is 4.28. The lowest BCUT2D eigenvalue weighted by Gasteiger charge is -2.11. The van der Waals surface area contributed by atoms with Gasteiger partial charge >= 0.3 is 0 Å². The lowest BCUT2D eigenvalue weighted by Crippen LogP contribution is -1.95. The zero-order valence-corrected chi connectivity index (χ0v) is 13.0. The van der Waals surface area contributed by atoms with Crippen LogP contribution in [-0.2, 0) is 0 Å². The van der Waals surface area contributed by atoms with Crippen LogP contribution in [0.5, 0.6) is 0 Å². The number of nitrogens with one attached hydrogen (secondary N) is 1. The zero-order valence-electron chi connectivity index (χ0n) is 9.05. The summed E-state index contributed by atoms with van der Waals surface area (Å²) in [6, 6.07) is 13.2. The SMILES string of the molecule is N#Cc1c(Cl)cccc1Nc1cc(Br)ccc1Br. The first-order valence-electron chi connectivity index (χ1n) is 5.02. The highest BCUT2D eigenvalue weighted by molar-refractivity contribution is 9.11. The van der Waals surface area contributed by atoms with Crippen molar-refractivity contribution in [2.75, 3.05) is 5.32 Å². The Morgan fingerprint density at radius 1 is 1.11 bits per heavy atom. The number of rotatable bonds is 2. The van der Waals surface area contributed by atoms with E-state index in [0.717, 1.165) is 14.6 Å². The van der Waals surface area contributed by atoms with Crippen LogP contribution in [-0.4, -0.2) is 0 Å². The topological polar surface area (TPSA) is 35.8 Å². The summed E-state index contributed by atoms with van der Waals surface area (Å²) >= 11 is 12.8. The van der Waals surface area contributed by atoms with Gasteiger partial charge in [0.05, 0.1) is 22.0 Å². The van der Waals surface area contributed by atoms with E-state index >= 15 is 0 Å². The van der Waals surface area contributed by atoms with Crippen LogP contribution in [0.25, 0.3) is 0 Å². The molecular weight excluding hydrogens is 379 g/mol. The molecule has 90 valence electrons. The van der Waals surface area contributed by atoms with E-state index in [2.05, 4.69) is 43.2 Å². The van der Waals surface area contributed by atoms with Gasteiger partial charge in [0, 0.05) is 8.95 Å². The van der Waals surface area contributed by atoms with Crippen molar-refractivity contribution in [1.82, 2.24) is 0 Å². The molecule has 0 aliphatic rings. The van der Waals surface area contributed by atoms with E-state index in [0.29, 0.717) is 16.3 Å². The fraction of sp³-hybridized carbons (Fsp3) is 0. The van der Waals surface area contributed by atoms with Gasteiger partial charge in [0.25, 0.3) is 0 Å². The molecule has 1 N–H and O–H groups in total. The van der Waals surface area contributed by atoms with Gasteiger partial charge in [-0.05, 0) is 46.3 Å². The Morgan fingerprint density at radius 3 is 2.61 bits per heavy atom. The molecule has 0 saturated heterocycles. The predicted octanol–water partition coefficient (Wildman–Crippen LogP) is 5.48. The molecule has 2 aromatic carbocycles. The van der Waals surface area contributed by atoms with Crippen molar-refractivity contribution in [2.45, 2.75) is 0 Å². The number of anilines is 2. The largest absolute Gasteiger partial charge is 0.353 e. The van der Waals surface area contributed by atoms with Crippen molar-refractivity contribution < 1.29 is 0 Å². The summed E-state index contributed by atoms with van der Waals surface area (Å²) in [7, 11) is 0. The minimum atomic E-state index is 0.436. The maximum absolute atomic E-state index is 9.11. The fourth-order valence-electron chi connectivity index (χ4n) is 1.48. The Balaban J connectivity index is 2.44. The molecule has 2 rings (SSSR count). The van der Waals surface area contributed by atoms with Crippen molar-refractivity contribution in [1.29, 1.82) is 5.26 Å². The zero-order chi connectivity index (χ0) is 13.1. The van der Waals surface area contributed by atoms with Crippen molar-refractivity contribution in [3.8, 4) is 6.07 Å². The summed E-state index contributed by atoms with van der Waals surface area (Å²) in [6.45, 7) is 0. The Bertz CT molecular complexity index is 635. The number of hydrogen-bond acceptors (Lipinski definition) is 2. The van der Waals surface area contributed by atoms with E-state index in [-0.39, 0.29) is 0 Å². The monoisotopic (exact) mass is 384 g/mol. The van der Waals surface area contributed by atoms with Crippen LogP contribution in [0.1, 0.15) is 5.56 Å². The molecule has 0 radical (unpaired) electrons. The van der Waals surface area contributed by atoms with Crippen LogP contribution in [0.4, 0.5) is 11.4 Å². The highest BCUT2D eigenvalue weighted by Crippen LogP contribution is 2.31. The molecule has 0 aromatic heterocycles. The predicted molar refractivity (Wildman–Crippen MR) is 81.3 cm³/mol. The van der Waals surface area contributed by atoms with Gasteiger partial charge in [0.2, 0.25) is 0 Å². The maximum atomic E-state index is 9.11. The lowest BCUT2D eigenvalue weighted by atomic mass is 10.2. The molecule has 0 saturated carbocycles. The van der Waals surface area contributed by atoms with E-state index in [9.17, 15) is 0 Å². The Morgan fingerprint density at radius 2 is 1.89 bits per heavy atom. The molecule has 0 aliphatic heterocycles. The second-order valence-electron chi connectivity index (χ2n) is 3.52. The van der Waals surface area contributed by atoms with Gasteiger partial charge in [0.1, 0.15) is 6.07 Å². The molecule has 0 aliphatic carbocycles. The molecule has 5 heteroatoms. The van der Waals surface area contributed by atoms with Crippen molar-refractivity contribution in [3.63, 3.8) is 0 Å². The second-order valence-corrected chi connectivity index (χ2v) is 5.70. The summed E-state index contributed by atoms with van der Waals surface area (Å²) in [5.41, 5.74) is 1.98. The van der Waals surface area contributed by atoms with Gasteiger partial charge in [-0.15, -0.1) is 0 Å². The van der Waals surface area contributed by atoms with Gasteiger partial charge in [-0.1, -0.05) is 33.6 Å². The van der Waals surface area contributed by atoms with Crippen molar-refractivity contribution >= 4 is 54.8 Å². The molecule has 0 spiro atoms. The van der Waals surface area contributed by atoms with Crippen LogP contribution in [0.15, 0.2) is 45.3 Å². The van der Waals surface area contributed by atoms with Gasteiger partial charge < -0.3 is 5.32 Å². The minimum absolute atomic E-state index is 0.436. The third kappa shape index (κ3) is 2.86. The van der Waals surface area contributed by atoms with E-state index in [1.54, 1.807) is 12.1 Å². The Labute approximate surface area is 127 Å².